The van der Waals surface area contributed by atoms with E-state index in [1.807, 2.05) is 11.3 Å². The van der Waals surface area contributed by atoms with Gasteiger partial charge in [0.05, 0.1) is 6.04 Å². The standard InChI is InChI=1S/C15H17NS/c1-2-16-10-9-12-6-3-4-7-13(12)15(16)14-8-5-11-17-14/h3-8,11,15H,2,9-10H2,1H3. The van der Waals surface area contributed by atoms with Crippen LogP contribution in [-0.2, 0) is 6.42 Å². The first kappa shape index (κ1) is 11.0. The van der Waals surface area contributed by atoms with Crippen molar-refractivity contribution in [3.63, 3.8) is 0 Å². The third-order valence-corrected chi connectivity index (χ3v) is 4.53. The van der Waals surface area contributed by atoms with Gasteiger partial charge < -0.3 is 0 Å². The summed E-state index contributed by atoms with van der Waals surface area (Å²) in [6.07, 6.45) is 1.19. The summed E-state index contributed by atoms with van der Waals surface area (Å²) in [7, 11) is 0. The lowest BCUT2D eigenvalue weighted by atomic mass is 9.92. The first-order chi connectivity index (χ1) is 8.40. The molecule has 17 heavy (non-hydrogen) atoms. The Morgan fingerprint density at radius 3 is 2.88 bits per heavy atom. The molecule has 2 heterocycles. The highest BCUT2D eigenvalue weighted by atomic mass is 32.1. The first-order valence-electron chi connectivity index (χ1n) is 6.25. The van der Waals surface area contributed by atoms with Gasteiger partial charge in [-0.2, -0.15) is 0 Å². The zero-order valence-corrected chi connectivity index (χ0v) is 10.9. The van der Waals surface area contributed by atoms with Crippen LogP contribution in [0.3, 0.4) is 0 Å². The van der Waals surface area contributed by atoms with E-state index in [2.05, 4.69) is 53.6 Å². The molecule has 1 aliphatic heterocycles. The second-order valence-corrected chi connectivity index (χ2v) is 5.47. The van der Waals surface area contributed by atoms with Gasteiger partial charge in [0, 0.05) is 11.4 Å². The van der Waals surface area contributed by atoms with Crippen molar-refractivity contribution in [3.05, 3.63) is 57.8 Å². The molecule has 1 unspecified atom stereocenters. The summed E-state index contributed by atoms with van der Waals surface area (Å²) in [6, 6.07) is 13.8. The Labute approximate surface area is 107 Å². The van der Waals surface area contributed by atoms with Gasteiger partial charge in [-0.05, 0) is 35.5 Å². The third-order valence-electron chi connectivity index (χ3n) is 3.60. The SMILES string of the molecule is CCN1CCc2ccccc2C1c1cccs1. The van der Waals surface area contributed by atoms with Gasteiger partial charge in [-0.3, -0.25) is 4.90 Å². The minimum Gasteiger partial charge on any atom is -0.292 e. The molecule has 1 atom stereocenters. The van der Waals surface area contributed by atoms with Crippen LogP contribution in [0.1, 0.15) is 29.0 Å². The van der Waals surface area contributed by atoms with Crippen LogP contribution in [0.2, 0.25) is 0 Å². The predicted octanol–water partition coefficient (Wildman–Crippen LogP) is 3.72. The van der Waals surface area contributed by atoms with Gasteiger partial charge >= 0.3 is 0 Å². The summed E-state index contributed by atoms with van der Waals surface area (Å²) in [5, 5.41) is 2.18. The summed E-state index contributed by atoms with van der Waals surface area (Å²) in [6.45, 7) is 4.56. The fourth-order valence-corrected chi connectivity index (χ4v) is 3.62. The van der Waals surface area contributed by atoms with Gasteiger partial charge in [0.15, 0.2) is 0 Å². The van der Waals surface area contributed by atoms with Crippen molar-refractivity contribution in [2.75, 3.05) is 13.1 Å². The number of rotatable bonds is 2. The fourth-order valence-electron chi connectivity index (χ4n) is 2.74. The number of thiophene rings is 1. The summed E-state index contributed by atoms with van der Waals surface area (Å²) >= 11 is 1.87. The first-order valence-corrected chi connectivity index (χ1v) is 7.13. The molecular weight excluding hydrogens is 226 g/mol. The zero-order chi connectivity index (χ0) is 11.7. The van der Waals surface area contributed by atoms with Crippen molar-refractivity contribution in [1.29, 1.82) is 0 Å². The molecule has 1 nitrogen and oxygen atoms in total. The van der Waals surface area contributed by atoms with Crippen molar-refractivity contribution in [1.82, 2.24) is 4.90 Å². The molecule has 0 aliphatic carbocycles. The van der Waals surface area contributed by atoms with E-state index in [-0.39, 0.29) is 0 Å². The maximum Gasteiger partial charge on any atom is 0.0698 e. The molecule has 0 fully saturated rings. The monoisotopic (exact) mass is 243 g/mol. The topological polar surface area (TPSA) is 3.24 Å². The predicted molar refractivity (Wildman–Crippen MR) is 73.6 cm³/mol. The maximum atomic E-state index is 2.58. The van der Waals surface area contributed by atoms with Gasteiger partial charge in [0.2, 0.25) is 0 Å². The van der Waals surface area contributed by atoms with Gasteiger partial charge in [-0.15, -0.1) is 11.3 Å². The largest absolute Gasteiger partial charge is 0.292 e. The number of fused-ring (bicyclic) bond motifs is 1. The number of benzene rings is 1. The van der Waals surface area contributed by atoms with Crippen LogP contribution in [0.15, 0.2) is 41.8 Å². The Hall–Kier alpha value is -1.12. The molecule has 0 saturated carbocycles. The average molecular weight is 243 g/mol. The van der Waals surface area contributed by atoms with E-state index in [1.54, 1.807) is 0 Å². The van der Waals surface area contributed by atoms with Crippen LogP contribution in [0.25, 0.3) is 0 Å². The van der Waals surface area contributed by atoms with Crippen LogP contribution in [0.4, 0.5) is 0 Å². The number of likely N-dealkylation sites (N-methyl/N-ethyl adjacent to an activating group) is 1. The van der Waals surface area contributed by atoms with Gasteiger partial charge in [-0.25, -0.2) is 0 Å². The Bertz CT molecular complexity index is 489. The summed E-state index contributed by atoms with van der Waals surface area (Å²) in [5.74, 6) is 0. The Morgan fingerprint density at radius 2 is 2.12 bits per heavy atom. The molecule has 0 spiro atoms. The van der Waals surface area contributed by atoms with Crippen LogP contribution in [0.5, 0.6) is 0 Å². The normalized spacial score (nSPS) is 20.2. The Balaban J connectivity index is 2.08. The van der Waals surface area contributed by atoms with E-state index in [0.717, 1.165) is 6.54 Å². The zero-order valence-electron chi connectivity index (χ0n) is 10.1. The van der Waals surface area contributed by atoms with Gasteiger partial charge in [-0.1, -0.05) is 37.3 Å². The second-order valence-electron chi connectivity index (χ2n) is 4.50. The summed E-state index contributed by atoms with van der Waals surface area (Å²) < 4.78 is 0. The van der Waals surface area contributed by atoms with E-state index in [1.165, 1.54) is 29.0 Å². The quantitative estimate of drug-likeness (QED) is 0.777. The highest BCUT2D eigenvalue weighted by Crippen LogP contribution is 2.36. The van der Waals surface area contributed by atoms with E-state index in [9.17, 15) is 0 Å². The molecule has 88 valence electrons. The third kappa shape index (κ3) is 1.92. The van der Waals surface area contributed by atoms with Gasteiger partial charge in [0.1, 0.15) is 0 Å². The molecule has 1 aliphatic rings. The minimum atomic E-state index is 0.477. The lowest BCUT2D eigenvalue weighted by Gasteiger charge is -2.36. The molecule has 1 aromatic heterocycles. The number of hydrogen-bond donors (Lipinski definition) is 0. The minimum absolute atomic E-state index is 0.477. The number of nitrogens with zero attached hydrogens (tertiary/aromatic N) is 1. The van der Waals surface area contributed by atoms with Crippen molar-refractivity contribution in [2.24, 2.45) is 0 Å². The van der Waals surface area contributed by atoms with Crippen molar-refractivity contribution < 1.29 is 0 Å². The smallest absolute Gasteiger partial charge is 0.0698 e. The molecular formula is C15H17NS. The van der Waals surface area contributed by atoms with E-state index >= 15 is 0 Å². The molecule has 3 rings (SSSR count). The van der Waals surface area contributed by atoms with Crippen molar-refractivity contribution in [2.45, 2.75) is 19.4 Å². The average Bonchev–Trinajstić information content (AvgIpc) is 2.91. The maximum absolute atomic E-state index is 2.58. The number of hydrogen-bond acceptors (Lipinski definition) is 2. The van der Waals surface area contributed by atoms with Crippen molar-refractivity contribution in [3.8, 4) is 0 Å². The second kappa shape index (κ2) is 4.63. The van der Waals surface area contributed by atoms with Crippen LogP contribution in [0, 0.1) is 0 Å². The van der Waals surface area contributed by atoms with E-state index in [0.29, 0.717) is 6.04 Å². The summed E-state index contributed by atoms with van der Waals surface area (Å²) in [4.78, 5) is 4.05. The van der Waals surface area contributed by atoms with Crippen LogP contribution >= 0.6 is 11.3 Å². The highest BCUT2D eigenvalue weighted by Gasteiger charge is 2.27. The molecule has 0 bridgehead atoms. The lowest BCUT2D eigenvalue weighted by Crippen LogP contribution is -2.35. The Morgan fingerprint density at radius 1 is 1.24 bits per heavy atom. The van der Waals surface area contributed by atoms with E-state index in [4.69, 9.17) is 0 Å². The molecule has 0 radical (unpaired) electrons. The molecule has 0 N–H and O–H groups in total. The molecule has 1 aromatic carbocycles. The van der Waals surface area contributed by atoms with Crippen LogP contribution < -0.4 is 0 Å². The molecule has 0 amide bonds. The van der Waals surface area contributed by atoms with E-state index < -0.39 is 0 Å². The molecule has 2 aromatic rings. The molecule has 0 saturated heterocycles. The fraction of sp³-hybridized carbons (Fsp3) is 0.333. The molecule has 2 heteroatoms. The van der Waals surface area contributed by atoms with Gasteiger partial charge in [0.25, 0.3) is 0 Å². The Kier molecular flexibility index (Phi) is 3.00. The lowest BCUT2D eigenvalue weighted by molar-refractivity contribution is 0.228. The highest BCUT2D eigenvalue weighted by molar-refractivity contribution is 7.10. The van der Waals surface area contributed by atoms with Crippen LogP contribution in [-0.4, -0.2) is 18.0 Å². The van der Waals surface area contributed by atoms with Crippen molar-refractivity contribution >= 4 is 11.3 Å². The summed E-state index contributed by atoms with van der Waals surface area (Å²) in [5.41, 5.74) is 3.03.